The van der Waals surface area contributed by atoms with E-state index >= 15 is 0 Å². The van der Waals surface area contributed by atoms with Gasteiger partial charge in [0.25, 0.3) is 0 Å². The molecule has 4 heteroatoms. The largest absolute Gasteiger partial charge is 0.496 e. The Balaban J connectivity index is 1.68. The van der Waals surface area contributed by atoms with E-state index in [2.05, 4.69) is 53.1 Å². The smallest absolute Gasteiger partial charge is 0.124 e. The normalized spacial score (nSPS) is 17.8. The number of benzene rings is 3. The van der Waals surface area contributed by atoms with Crippen LogP contribution in [0.25, 0.3) is 0 Å². The number of halogens is 1. The summed E-state index contributed by atoms with van der Waals surface area (Å²) in [5, 5.41) is 0. The van der Waals surface area contributed by atoms with Gasteiger partial charge in [0.15, 0.2) is 0 Å². The van der Waals surface area contributed by atoms with E-state index in [4.69, 9.17) is 4.74 Å². The van der Waals surface area contributed by atoms with Crippen LogP contribution in [-0.4, -0.2) is 30.0 Å². The van der Waals surface area contributed by atoms with Crippen LogP contribution in [0.5, 0.6) is 5.75 Å². The van der Waals surface area contributed by atoms with Crippen LogP contribution in [0, 0.1) is 12.7 Å². The molecule has 1 atom stereocenters. The number of aryl methyl sites for hydroxylation is 1. The number of para-hydroxylation sites is 1. The van der Waals surface area contributed by atoms with Gasteiger partial charge in [-0.05, 0) is 42.7 Å². The molecule has 1 saturated heterocycles. The van der Waals surface area contributed by atoms with Crippen molar-refractivity contribution in [2.75, 3.05) is 20.2 Å². The third-order valence-corrected chi connectivity index (χ3v) is 5.77. The highest BCUT2D eigenvalue weighted by atomic mass is 19.1. The summed E-state index contributed by atoms with van der Waals surface area (Å²) in [6.45, 7) is 5.80. The maximum Gasteiger partial charge on any atom is 0.124 e. The molecule has 30 heavy (non-hydrogen) atoms. The van der Waals surface area contributed by atoms with Gasteiger partial charge in [-0.1, -0.05) is 60.2 Å². The lowest BCUT2D eigenvalue weighted by Gasteiger charge is -2.44. The molecule has 0 amide bonds. The van der Waals surface area contributed by atoms with Crippen molar-refractivity contribution in [3.63, 3.8) is 0 Å². The van der Waals surface area contributed by atoms with E-state index in [9.17, 15) is 4.39 Å². The Morgan fingerprint density at radius 2 is 1.57 bits per heavy atom. The predicted octanol–water partition coefficient (Wildman–Crippen LogP) is 5.55. The molecule has 156 valence electrons. The van der Waals surface area contributed by atoms with Crippen molar-refractivity contribution in [2.24, 2.45) is 0 Å². The van der Waals surface area contributed by atoms with Crippen LogP contribution < -0.4 is 4.74 Å². The Hall–Kier alpha value is -2.69. The fourth-order valence-corrected chi connectivity index (χ4v) is 4.43. The second-order valence-electron chi connectivity index (χ2n) is 8.03. The molecular formula is C26H29FN2O. The Morgan fingerprint density at radius 3 is 2.27 bits per heavy atom. The first-order valence-electron chi connectivity index (χ1n) is 10.5. The first kappa shape index (κ1) is 20.6. The van der Waals surface area contributed by atoms with E-state index in [1.807, 2.05) is 24.3 Å². The number of ether oxygens (including phenoxy) is 1. The fraction of sp³-hybridized carbons (Fsp3) is 0.308. The minimum Gasteiger partial charge on any atom is -0.496 e. The van der Waals surface area contributed by atoms with Gasteiger partial charge in [0, 0.05) is 31.7 Å². The Bertz CT molecular complexity index is 973. The monoisotopic (exact) mass is 404 g/mol. The van der Waals surface area contributed by atoms with Crippen molar-refractivity contribution >= 4 is 0 Å². The van der Waals surface area contributed by atoms with Crippen LogP contribution >= 0.6 is 0 Å². The van der Waals surface area contributed by atoms with Crippen LogP contribution in [0.15, 0.2) is 72.8 Å². The molecule has 3 nitrogen and oxygen atoms in total. The van der Waals surface area contributed by atoms with Crippen LogP contribution in [0.3, 0.4) is 0 Å². The second kappa shape index (κ2) is 9.41. The molecule has 1 aliphatic heterocycles. The van der Waals surface area contributed by atoms with Crippen molar-refractivity contribution in [1.82, 2.24) is 9.80 Å². The number of rotatable bonds is 6. The minimum atomic E-state index is -0.195. The molecule has 0 N–H and O–H groups in total. The highest BCUT2D eigenvalue weighted by Gasteiger charge is 2.32. The van der Waals surface area contributed by atoms with Crippen LogP contribution in [0.1, 0.15) is 34.8 Å². The van der Waals surface area contributed by atoms with Crippen molar-refractivity contribution in [1.29, 1.82) is 0 Å². The van der Waals surface area contributed by atoms with Crippen molar-refractivity contribution in [3.05, 3.63) is 101 Å². The zero-order valence-electron chi connectivity index (χ0n) is 17.7. The molecule has 4 rings (SSSR count). The topological polar surface area (TPSA) is 15.7 Å². The molecule has 0 aromatic heterocycles. The lowest BCUT2D eigenvalue weighted by molar-refractivity contribution is -0.0104. The summed E-state index contributed by atoms with van der Waals surface area (Å²) < 4.78 is 19.1. The fourth-order valence-electron chi connectivity index (χ4n) is 4.43. The SMILES string of the molecule is COc1ccccc1[C@H]1N(Cc2ccc(F)cc2)CCCN1Cc1cccc(C)c1. The molecule has 0 aliphatic carbocycles. The zero-order chi connectivity index (χ0) is 20.9. The molecule has 0 radical (unpaired) electrons. The van der Waals surface area contributed by atoms with Gasteiger partial charge >= 0.3 is 0 Å². The van der Waals surface area contributed by atoms with E-state index in [0.29, 0.717) is 0 Å². The van der Waals surface area contributed by atoms with E-state index in [0.717, 1.165) is 43.9 Å². The van der Waals surface area contributed by atoms with Gasteiger partial charge in [0.1, 0.15) is 11.6 Å². The van der Waals surface area contributed by atoms with Crippen LogP contribution in [0.2, 0.25) is 0 Å². The lowest BCUT2D eigenvalue weighted by Crippen LogP contribution is -2.47. The van der Waals surface area contributed by atoms with Gasteiger partial charge in [0.2, 0.25) is 0 Å². The minimum absolute atomic E-state index is 0.0977. The summed E-state index contributed by atoms with van der Waals surface area (Å²) in [5.74, 6) is 0.711. The highest BCUT2D eigenvalue weighted by molar-refractivity contribution is 5.36. The first-order chi connectivity index (χ1) is 14.6. The van der Waals surface area contributed by atoms with Crippen LogP contribution in [-0.2, 0) is 13.1 Å². The van der Waals surface area contributed by atoms with Gasteiger partial charge in [-0.25, -0.2) is 4.39 Å². The average molecular weight is 405 g/mol. The van der Waals surface area contributed by atoms with E-state index in [-0.39, 0.29) is 12.0 Å². The molecular weight excluding hydrogens is 375 g/mol. The summed E-state index contributed by atoms with van der Waals surface area (Å²) in [6, 6.07) is 23.9. The van der Waals surface area contributed by atoms with Gasteiger partial charge < -0.3 is 4.74 Å². The van der Waals surface area contributed by atoms with E-state index in [1.54, 1.807) is 19.2 Å². The van der Waals surface area contributed by atoms with Crippen molar-refractivity contribution in [3.8, 4) is 5.75 Å². The standard InChI is InChI=1S/C26H29FN2O/c1-20-7-5-8-22(17-20)19-29-16-6-15-28(18-21-11-13-23(27)14-12-21)26(29)24-9-3-4-10-25(24)30-2/h3-5,7-14,17,26H,6,15-16,18-19H2,1-2H3/t26-/m0/s1. The van der Waals surface area contributed by atoms with Gasteiger partial charge in [0.05, 0.1) is 13.3 Å². The van der Waals surface area contributed by atoms with Crippen molar-refractivity contribution in [2.45, 2.75) is 32.6 Å². The second-order valence-corrected chi connectivity index (χ2v) is 8.03. The number of methoxy groups -OCH3 is 1. The molecule has 3 aromatic rings. The summed E-state index contributed by atoms with van der Waals surface area (Å²) >= 11 is 0. The van der Waals surface area contributed by atoms with Gasteiger partial charge in [-0.3, -0.25) is 9.80 Å². The molecule has 0 spiro atoms. The van der Waals surface area contributed by atoms with Gasteiger partial charge in [-0.15, -0.1) is 0 Å². The van der Waals surface area contributed by atoms with Gasteiger partial charge in [-0.2, -0.15) is 0 Å². The zero-order valence-corrected chi connectivity index (χ0v) is 17.7. The molecule has 3 aromatic carbocycles. The lowest BCUT2D eigenvalue weighted by atomic mass is 10.0. The number of hydrogen-bond donors (Lipinski definition) is 0. The van der Waals surface area contributed by atoms with Crippen LogP contribution in [0.4, 0.5) is 4.39 Å². The van der Waals surface area contributed by atoms with E-state index in [1.165, 1.54) is 16.7 Å². The molecule has 0 bridgehead atoms. The molecule has 1 fully saturated rings. The average Bonchev–Trinajstić information content (AvgIpc) is 2.76. The predicted molar refractivity (Wildman–Crippen MR) is 119 cm³/mol. The maximum absolute atomic E-state index is 13.4. The summed E-state index contributed by atoms with van der Waals surface area (Å²) in [7, 11) is 1.73. The number of hydrogen-bond acceptors (Lipinski definition) is 3. The summed E-state index contributed by atoms with van der Waals surface area (Å²) in [5.41, 5.74) is 4.89. The van der Waals surface area contributed by atoms with E-state index < -0.39 is 0 Å². The molecule has 1 heterocycles. The molecule has 1 aliphatic rings. The summed E-state index contributed by atoms with van der Waals surface area (Å²) in [6.07, 6.45) is 1.19. The van der Waals surface area contributed by atoms with Crippen molar-refractivity contribution < 1.29 is 9.13 Å². The maximum atomic E-state index is 13.4. The Kier molecular flexibility index (Phi) is 6.46. The molecule has 0 saturated carbocycles. The quantitative estimate of drug-likeness (QED) is 0.536. The highest BCUT2D eigenvalue weighted by Crippen LogP contribution is 2.36. The number of nitrogens with zero attached hydrogens (tertiary/aromatic N) is 2. The first-order valence-corrected chi connectivity index (χ1v) is 10.5. The Labute approximate surface area is 178 Å². The summed E-state index contributed by atoms with van der Waals surface area (Å²) in [4.78, 5) is 5.00. The molecule has 0 unspecified atom stereocenters. The third-order valence-electron chi connectivity index (χ3n) is 5.77. The third kappa shape index (κ3) is 4.72. The Morgan fingerprint density at radius 1 is 0.867 bits per heavy atom.